The highest BCUT2D eigenvalue weighted by Gasteiger charge is 2.41. The van der Waals surface area contributed by atoms with Crippen LogP contribution >= 0.6 is 0 Å². The Morgan fingerprint density at radius 3 is 2.11 bits per heavy atom. The molecule has 1 rings (SSSR count). The first-order chi connectivity index (χ1) is 8.44. The fourth-order valence-electron chi connectivity index (χ4n) is 2.19. The van der Waals surface area contributed by atoms with Gasteiger partial charge in [0, 0.05) is 30.3 Å². The highest BCUT2D eigenvalue weighted by molar-refractivity contribution is 6.06. The minimum absolute atomic E-state index is 0.0324. The highest BCUT2D eigenvalue weighted by atomic mass is 16.2. The van der Waals surface area contributed by atoms with Crippen molar-refractivity contribution in [2.75, 3.05) is 6.54 Å². The quantitative estimate of drug-likeness (QED) is 0.721. The van der Waals surface area contributed by atoms with Crippen molar-refractivity contribution in [2.45, 2.75) is 59.9 Å². The third-order valence-electron chi connectivity index (χ3n) is 3.57. The molecule has 0 aliphatic carbocycles. The molecule has 0 N–H and O–H groups in total. The van der Waals surface area contributed by atoms with E-state index in [1.165, 1.54) is 0 Å². The average Bonchev–Trinajstić information content (AvgIpc) is 2.20. The second kappa shape index (κ2) is 5.06. The van der Waals surface area contributed by atoms with Crippen LogP contribution in [0.5, 0.6) is 0 Å². The summed E-state index contributed by atoms with van der Waals surface area (Å²) in [4.78, 5) is 38.1. The smallest absolute Gasteiger partial charge is 0.234 e. The van der Waals surface area contributed by atoms with E-state index < -0.39 is 11.3 Å². The summed E-state index contributed by atoms with van der Waals surface area (Å²) < 4.78 is 0. The van der Waals surface area contributed by atoms with Crippen LogP contribution in [0.2, 0.25) is 0 Å². The maximum atomic E-state index is 12.4. The van der Waals surface area contributed by atoms with Crippen LogP contribution in [0.1, 0.15) is 54.4 Å². The minimum atomic E-state index is -0.778. The van der Waals surface area contributed by atoms with Gasteiger partial charge < -0.3 is 4.90 Å². The van der Waals surface area contributed by atoms with Crippen LogP contribution in [0.25, 0.3) is 0 Å². The van der Waals surface area contributed by atoms with E-state index in [4.69, 9.17) is 0 Å². The van der Waals surface area contributed by atoms with Gasteiger partial charge in [-0.05, 0) is 20.8 Å². The Balaban J connectivity index is 2.90. The molecule has 0 aromatic rings. The molecule has 1 aliphatic rings. The molecular formula is C15H25NO3. The summed E-state index contributed by atoms with van der Waals surface area (Å²) in [5, 5.41) is 0. The van der Waals surface area contributed by atoms with Crippen LogP contribution < -0.4 is 0 Å². The van der Waals surface area contributed by atoms with Gasteiger partial charge in [-0.25, -0.2) is 0 Å². The van der Waals surface area contributed by atoms with Gasteiger partial charge in [0.1, 0.15) is 17.5 Å². The Morgan fingerprint density at radius 2 is 1.68 bits per heavy atom. The Morgan fingerprint density at radius 1 is 1.16 bits per heavy atom. The molecular weight excluding hydrogens is 242 g/mol. The SMILES string of the molecule is CC(C)(C)C(=O)CC1C(=O)CCN(C(C)(C)C)C1=O. The Bertz CT molecular complexity index is 399. The predicted octanol–water partition coefficient (Wildman–Crippen LogP) is 2.21. The normalized spacial score (nSPS) is 21.8. The number of amides is 1. The van der Waals surface area contributed by atoms with Crippen molar-refractivity contribution < 1.29 is 14.4 Å². The zero-order valence-electron chi connectivity index (χ0n) is 12.9. The zero-order chi connectivity index (χ0) is 15.0. The van der Waals surface area contributed by atoms with Gasteiger partial charge in [0.15, 0.2) is 0 Å². The van der Waals surface area contributed by atoms with Gasteiger partial charge in [0.25, 0.3) is 0 Å². The Labute approximate surface area is 115 Å². The molecule has 19 heavy (non-hydrogen) atoms. The van der Waals surface area contributed by atoms with Crippen molar-refractivity contribution in [3.8, 4) is 0 Å². The van der Waals surface area contributed by atoms with Gasteiger partial charge in [-0.1, -0.05) is 20.8 Å². The number of carbonyl (C=O) groups excluding carboxylic acids is 3. The van der Waals surface area contributed by atoms with Crippen LogP contribution in [0.4, 0.5) is 0 Å². The Kier molecular flexibility index (Phi) is 4.23. The molecule has 1 unspecified atom stereocenters. The fraction of sp³-hybridized carbons (Fsp3) is 0.800. The van der Waals surface area contributed by atoms with Crippen LogP contribution in [0.3, 0.4) is 0 Å². The van der Waals surface area contributed by atoms with E-state index in [0.29, 0.717) is 13.0 Å². The van der Waals surface area contributed by atoms with Gasteiger partial charge in [0.2, 0.25) is 5.91 Å². The molecule has 0 bridgehead atoms. The molecule has 4 heteroatoms. The topological polar surface area (TPSA) is 54.5 Å². The molecule has 1 amide bonds. The molecule has 4 nitrogen and oxygen atoms in total. The van der Waals surface area contributed by atoms with E-state index in [0.717, 1.165) is 0 Å². The van der Waals surface area contributed by atoms with Crippen LogP contribution in [-0.4, -0.2) is 34.5 Å². The average molecular weight is 267 g/mol. The minimum Gasteiger partial charge on any atom is -0.337 e. The van der Waals surface area contributed by atoms with Crippen LogP contribution in [0, 0.1) is 11.3 Å². The summed E-state index contributed by atoms with van der Waals surface area (Å²) in [5.41, 5.74) is -0.814. The van der Waals surface area contributed by atoms with E-state index in [9.17, 15) is 14.4 Å². The first-order valence-electron chi connectivity index (χ1n) is 6.82. The Hall–Kier alpha value is -1.19. The van der Waals surface area contributed by atoms with E-state index in [-0.39, 0.29) is 29.4 Å². The standard InChI is InChI=1S/C15H25NO3/c1-14(2,3)12(18)9-10-11(17)7-8-16(13(10)19)15(4,5)6/h10H,7-9H2,1-6H3. The number of nitrogens with zero attached hydrogens (tertiary/aromatic N) is 1. The molecule has 1 saturated heterocycles. The number of hydrogen-bond donors (Lipinski definition) is 0. The van der Waals surface area contributed by atoms with E-state index in [1.54, 1.807) is 4.90 Å². The lowest BCUT2D eigenvalue weighted by Crippen LogP contribution is -2.54. The van der Waals surface area contributed by atoms with Crippen molar-refractivity contribution in [3.05, 3.63) is 0 Å². The number of rotatable bonds is 2. The summed E-state index contributed by atoms with van der Waals surface area (Å²) in [6.45, 7) is 11.7. The molecule has 1 aliphatic heterocycles. The van der Waals surface area contributed by atoms with E-state index in [2.05, 4.69) is 0 Å². The molecule has 1 fully saturated rings. The number of carbonyl (C=O) groups is 3. The number of likely N-dealkylation sites (tertiary alicyclic amines) is 1. The predicted molar refractivity (Wildman–Crippen MR) is 73.7 cm³/mol. The van der Waals surface area contributed by atoms with Crippen molar-refractivity contribution in [2.24, 2.45) is 11.3 Å². The number of Topliss-reactive ketones (excluding diaryl/α,β-unsaturated/α-hetero) is 2. The number of hydrogen-bond acceptors (Lipinski definition) is 3. The van der Waals surface area contributed by atoms with Crippen LogP contribution in [-0.2, 0) is 14.4 Å². The summed E-state index contributed by atoms with van der Waals surface area (Å²) in [6.07, 6.45) is 0.388. The lowest BCUT2D eigenvalue weighted by atomic mass is 9.81. The van der Waals surface area contributed by atoms with Gasteiger partial charge in [-0.15, -0.1) is 0 Å². The summed E-state index contributed by atoms with van der Waals surface area (Å²) in [5.74, 6) is -1.10. The fourth-order valence-corrected chi connectivity index (χ4v) is 2.19. The third kappa shape index (κ3) is 3.64. The van der Waals surface area contributed by atoms with Gasteiger partial charge >= 0.3 is 0 Å². The molecule has 0 saturated carbocycles. The largest absolute Gasteiger partial charge is 0.337 e. The summed E-state index contributed by atoms with van der Waals surface area (Å²) in [6, 6.07) is 0. The van der Waals surface area contributed by atoms with E-state index >= 15 is 0 Å². The molecule has 0 aromatic carbocycles. The maximum Gasteiger partial charge on any atom is 0.234 e. The number of ketones is 2. The molecule has 0 spiro atoms. The molecule has 0 radical (unpaired) electrons. The lowest BCUT2D eigenvalue weighted by Gasteiger charge is -2.41. The molecule has 0 aromatic heterocycles. The number of piperidine rings is 1. The summed E-state index contributed by atoms with van der Waals surface area (Å²) in [7, 11) is 0. The van der Waals surface area contributed by atoms with Crippen molar-refractivity contribution in [3.63, 3.8) is 0 Å². The molecule has 1 atom stereocenters. The van der Waals surface area contributed by atoms with Gasteiger partial charge in [-0.2, -0.15) is 0 Å². The first-order valence-corrected chi connectivity index (χ1v) is 6.82. The van der Waals surface area contributed by atoms with Gasteiger partial charge in [-0.3, -0.25) is 14.4 Å². The van der Waals surface area contributed by atoms with Gasteiger partial charge in [0.05, 0.1) is 0 Å². The first kappa shape index (κ1) is 15.9. The molecule has 1 heterocycles. The van der Waals surface area contributed by atoms with Crippen molar-refractivity contribution in [1.82, 2.24) is 4.90 Å². The third-order valence-corrected chi connectivity index (χ3v) is 3.57. The van der Waals surface area contributed by atoms with Crippen LogP contribution in [0.15, 0.2) is 0 Å². The van der Waals surface area contributed by atoms with Crippen molar-refractivity contribution >= 4 is 17.5 Å². The second-order valence-electron chi connectivity index (χ2n) is 7.31. The van der Waals surface area contributed by atoms with Crippen molar-refractivity contribution in [1.29, 1.82) is 0 Å². The summed E-state index contributed by atoms with van der Waals surface area (Å²) >= 11 is 0. The zero-order valence-corrected chi connectivity index (χ0v) is 12.9. The lowest BCUT2D eigenvalue weighted by molar-refractivity contribution is -0.152. The van der Waals surface area contributed by atoms with E-state index in [1.807, 2.05) is 41.5 Å². The second-order valence-corrected chi connectivity index (χ2v) is 7.31. The molecule has 108 valence electrons. The monoisotopic (exact) mass is 267 g/mol. The highest BCUT2D eigenvalue weighted by Crippen LogP contribution is 2.28. The maximum absolute atomic E-state index is 12.4.